The molecule has 0 bridgehead atoms. The van der Waals surface area contributed by atoms with Crippen LogP contribution in [0.25, 0.3) is 0 Å². The van der Waals surface area contributed by atoms with Gasteiger partial charge < -0.3 is 15.2 Å². The highest BCUT2D eigenvalue weighted by Crippen LogP contribution is 2.15. The number of benzene rings is 2. The summed E-state index contributed by atoms with van der Waals surface area (Å²) < 4.78 is 5.09. The van der Waals surface area contributed by atoms with E-state index in [2.05, 4.69) is 5.32 Å². The van der Waals surface area contributed by atoms with Crippen LogP contribution < -0.4 is 10.1 Å². The normalized spacial score (nSPS) is 10.6. The third-order valence-electron chi connectivity index (χ3n) is 3.41. The van der Waals surface area contributed by atoms with Crippen molar-refractivity contribution < 1.29 is 14.6 Å². The van der Waals surface area contributed by atoms with Crippen molar-refractivity contribution in [3.63, 3.8) is 0 Å². The van der Waals surface area contributed by atoms with Crippen molar-refractivity contribution in [1.29, 1.82) is 0 Å². The third-order valence-corrected chi connectivity index (χ3v) is 3.41. The standard InChI is InChI=1S/C18H22N2O3/c1-23-17-9-7-16(8-10-17)19-18(22)14-20(11-12-21)13-15-5-3-2-4-6-15/h2-10,21H,11-14H2,1H3,(H,19,22). The molecule has 0 atom stereocenters. The summed E-state index contributed by atoms with van der Waals surface area (Å²) in [5.41, 5.74) is 1.83. The van der Waals surface area contributed by atoms with Crippen LogP contribution in [0, 0.1) is 0 Å². The second-order valence-electron chi connectivity index (χ2n) is 5.20. The van der Waals surface area contributed by atoms with Gasteiger partial charge in [0.15, 0.2) is 0 Å². The van der Waals surface area contributed by atoms with E-state index in [0.29, 0.717) is 13.1 Å². The molecule has 0 aliphatic rings. The Kier molecular flexibility index (Phi) is 6.59. The molecule has 2 N–H and O–H groups in total. The first-order chi connectivity index (χ1) is 11.2. The van der Waals surface area contributed by atoms with Gasteiger partial charge in [-0.2, -0.15) is 0 Å². The molecule has 2 rings (SSSR count). The Morgan fingerprint density at radius 2 is 1.83 bits per heavy atom. The van der Waals surface area contributed by atoms with Gasteiger partial charge in [-0.25, -0.2) is 0 Å². The van der Waals surface area contributed by atoms with Gasteiger partial charge >= 0.3 is 0 Å². The second kappa shape index (κ2) is 8.92. The highest BCUT2D eigenvalue weighted by Gasteiger charge is 2.11. The lowest BCUT2D eigenvalue weighted by atomic mass is 10.2. The highest BCUT2D eigenvalue weighted by molar-refractivity contribution is 5.92. The molecular weight excluding hydrogens is 292 g/mol. The highest BCUT2D eigenvalue weighted by atomic mass is 16.5. The van der Waals surface area contributed by atoms with Crippen molar-refractivity contribution in [2.24, 2.45) is 0 Å². The Balaban J connectivity index is 1.91. The number of hydrogen-bond acceptors (Lipinski definition) is 4. The third kappa shape index (κ3) is 5.73. The summed E-state index contributed by atoms with van der Waals surface area (Å²) in [4.78, 5) is 14.1. The number of carbonyl (C=O) groups is 1. The fourth-order valence-electron chi connectivity index (χ4n) is 2.28. The number of ether oxygens (including phenoxy) is 1. The van der Waals surface area contributed by atoms with Crippen LogP contribution in [0.2, 0.25) is 0 Å². The van der Waals surface area contributed by atoms with Crippen LogP contribution in [-0.4, -0.2) is 42.7 Å². The zero-order valence-corrected chi connectivity index (χ0v) is 13.2. The first-order valence-corrected chi connectivity index (χ1v) is 7.52. The summed E-state index contributed by atoms with van der Waals surface area (Å²) in [5.74, 6) is 0.633. The first kappa shape index (κ1) is 17.0. The van der Waals surface area contributed by atoms with E-state index in [0.717, 1.165) is 17.0 Å². The van der Waals surface area contributed by atoms with Crippen LogP contribution >= 0.6 is 0 Å². The molecule has 2 aromatic rings. The Morgan fingerprint density at radius 1 is 1.13 bits per heavy atom. The van der Waals surface area contributed by atoms with Crippen LogP contribution in [0.4, 0.5) is 5.69 Å². The number of amides is 1. The van der Waals surface area contributed by atoms with Gasteiger partial charge in [0.2, 0.25) is 5.91 Å². The number of nitrogens with zero attached hydrogens (tertiary/aromatic N) is 1. The molecule has 0 spiro atoms. The summed E-state index contributed by atoms with van der Waals surface area (Å²) in [5, 5.41) is 12.0. The molecule has 0 saturated carbocycles. The van der Waals surface area contributed by atoms with Crippen molar-refractivity contribution in [3.05, 3.63) is 60.2 Å². The van der Waals surface area contributed by atoms with Crippen molar-refractivity contribution >= 4 is 11.6 Å². The molecule has 5 nitrogen and oxygen atoms in total. The van der Waals surface area contributed by atoms with Crippen LogP contribution in [-0.2, 0) is 11.3 Å². The largest absolute Gasteiger partial charge is 0.497 e. The fraction of sp³-hybridized carbons (Fsp3) is 0.278. The number of hydrogen-bond donors (Lipinski definition) is 2. The minimum atomic E-state index is -0.112. The molecule has 0 heterocycles. The number of nitrogens with one attached hydrogen (secondary N) is 1. The number of aliphatic hydroxyl groups is 1. The first-order valence-electron chi connectivity index (χ1n) is 7.52. The maximum atomic E-state index is 12.2. The molecular formula is C18H22N2O3. The SMILES string of the molecule is COc1ccc(NC(=O)CN(CCO)Cc2ccccc2)cc1. The van der Waals surface area contributed by atoms with Crippen molar-refractivity contribution in [1.82, 2.24) is 4.90 Å². The van der Waals surface area contributed by atoms with Gasteiger partial charge in [0.05, 0.1) is 20.3 Å². The summed E-state index contributed by atoms with van der Waals surface area (Å²) >= 11 is 0. The zero-order chi connectivity index (χ0) is 16.5. The van der Waals surface area contributed by atoms with E-state index in [1.807, 2.05) is 35.2 Å². The lowest BCUT2D eigenvalue weighted by Crippen LogP contribution is -2.34. The number of anilines is 1. The molecule has 0 radical (unpaired) electrons. The van der Waals surface area contributed by atoms with E-state index >= 15 is 0 Å². The average molecular weight is 314 g/mol. The fourth-order valence-corrected chi connectivity index (χ4v) is 2.28. The maximum absolute atomic E-state index is 12.2. The number of rotatable bonds is 8. The van der Waals surface area contributed by atoms with Crippen molar-refractivity contribution in [3.8, 4) is 5.75 Å². The quantitative estimate of drug-likeness (QED) is 0.783. The molecule has 0 aliphatic carbocycles. The average Bonchev–Trinajstić information content (AvgIpc) is 2.56. The molecule has 23 heavy (non-hydrogen) atoms. The van der Waals surface area contributed by atoms with Gasteiger partial charge in [0.25, 0.3) is 0 Å². The molecule has 2 aromatic carbocycles. The summed E-state index contributed by atoms with van der Waals surface area (Å²) in [6.45, 7) is 1.31. The van der Waals surface area contributed by atoms with Gasteiger partial charge in [-0.05, 0) is 29.8 Å². The number of aliphatic hydroxyl groups excluding tert-OH is 1. The predicted octanol–water partition coefficient (Wildman–Crippen LogP) is 2.13. The lowest BCUT2D eigenvalue weighted by Gasteiger charge is -2.20. The van der Waals surface area contributed by atoms with E-state index in [9.17, 15) is 9.90 Å². The summed E-state index contributed by atoms with van der Waals surface area (Å²) in [6.07, 6.45) is 0. The zero-order valence-electron chi connectivity index (χ0n) is 13.2. The molecule has 0 aliphatic heterocycles. The summed E-state index contributed by atoms with van der Waals surface area (Å²) in [7, 11) is 1.60. The van der Waals surface area contributed by atoms with E-state index < -0.39 is 0 Å². The molecule has 0 unspecified atom stereocenters. The van der Waals surface area contributed by atoms with Crippen LogP contribution in [0.15, 0.2) is 54.6 Å². The van der Waals surface area contributed by atoms with Gasteiger partial charge in [-0.1, -0.05) is 30.3 Å². The van der Waals surface area contributed by atoms with Crippen molar-refractivity contribution in [2.45, 2.75) is 6.54 Å². The van der Waals surface area contributed by atoms with E-state index in [1.54, 1.807) is 31.4 Å². The molecule has 0 fully saturated rings. The number of carbonyl (C=O) groups excluding carboxylic acids is 1. The van der Waals surface area contributed by atoms with Crippen LogP contribution in [0.3, 0.4) is 0 Å². The predicted molar refractivity (Wildman–Crippen MR) is 90.4 cm³/mol. The van der Waals surface area contributed by atoms with Gasteiger partial charge in [0, 0.05) is 18.8 Å². The number of methoxy groups -OCH3 is 1. The topological polar surface area (TPSA) is 61.8 Å². The smallest absolute Gasteiger partial charge is 0.238 e. The van der Waals surface area contributed by atoms with Gasteiger partial charge in [-0.15, -0.1) is 0 Å². The molecule has 1 amide bonds. The van der Waals surface area contributed by atoms with Gasteiger partial charge in [0.1, 0.15) is 5.75 Å². The Hall–Kier alpha value is -2.37. The molecule has 5 heteroatoms. The Bertz CT molecular complexity index is 599. The van der Waals surface area contributed by atoms with E-state index in [1.165, 1.54) is 0 Å². The molecule has 122 valence electrons. The van der Waals surface area contributed by atoms with Crippen LogP contribution in [0.1, 0.15) is 5.56 Å². The minimum absolute atomic E-state index is 0.0165. The maximum Gasteiger partial charge on any atom is 0.238 e. The second-order valence-corrected chi connectivity index (χ2v) is 5.20. The van der Waals surface area contributed by atoms with E-state index in [4.69, 9.17) is 4.74 Å². The van der Waals surface area contributed by atoms with E-state index in [-0.39, 0.29) is 19.1 Å². The monoisotopic (exact) mass is 314 g/mol. The van der Waals surface area contributed by atoms with Crippen LogP contribution in [0.5, 0.6) is 5.75 Å². The summed E-state index contributed by atoms with van der Waals surface area (Å²) in [6, 6.07) is 17.1. The Labute approximate surface area is 136 Å². The van der Waals surface area contributed by atoms with Crippen molar-refractivity contribution in [2.75, 3.05) is 32.1 Å². The molecule has 0 aromatic heterocycles. The lowest BCUT2D eigenvalue weighted by molar-refractivity contribution is -0.117. The Morgan fingerprint density at radius 3 is 2.43 bits per heavy atom. The van der Waals surface area contributed by atoms with Gasteiger partial charge in [-0.3, -0.25) is 9.69 Å². The molecule has 0 saturated heterocycles. The minimum Gasteiger partial charge on any atom is -0.497 e.